The van der Waals surface area contributed by atoms with Crippen LogP contribution in [0.2, 0.25) is 0 Å². The lowest BCUT2D eigenvalue weighted by molar-refractivity contribution is -0.121. The number of nitrogens with one attached hydrogen (secondary N) is 1. The van der Waals surface area contributed by atoms with Crippen LogP contribution in [-0.4, -0.2) is 20.7 Å². The average molecular weight is 362 g/mol. The van der Waals surface area contributed by atoms with Crippen molar-refractivity contribution in [3.8, 4) is 0 Å². The van der Waals surface area contributed by atoms with Gasteiger partial charge in [-0.25, -0.2) is 0 Å². The fourth-order valence-electron chi connectivity index (χ4n) is 3.32. The lowest BCUT2D eigenvalue weighted by Crippen LogP contribution is -2.29. The van der Waals surface area contributed by atoms with Crippen LogP contribution in [0.3, 0.4) is 0 Å². The maximum absolute atomic E-state index is 12.7. The van der Waals surface area contributed by atoms with Crippen molar-refractivity contribution in [3.05, 3.63) is 82.4 Å². The molecule has 1 N–H and O–H groups in total. The van der Waals surface area contributed by atoms with Crippen LogP contribution in [-0.2, 0) is 18.3 Å². The maximum Gasteiger partial charge on any atom is 0.221 e. The van der Waals surface area contributed by atoms with Gasteiger partial charge in [-0.05, 0) is 56.0 Å². The van der Waals surface area contributed by atoms with E-state index >= 15 is 0 Å². The van der Waals surface area contributed by atoms with Gasteiger partial charge < -0.3 is 5.32 Å². The topological polar surface area (TPSA) is 59.8 Å². The zero-order chi connectivity index (χ0) is 19.4. The number of benzene rings is 1. The van der Waals surface area contributed by atoms with Crippen molar-refractivity contribution < 1.29 is 4.79 Å². The molecule has 5 nitrogen and oxygen atoms in total. The highest BCUT2D eigenvalue weighted by molar-refractivity contribution is 5.77. The standard InChI is InChI=1S/C22H26N4O/c1-15-5-7-18(8-6-15)22(19-11-13-23-14-12-19)24-21(27)10-9-20-16(2)25-26(4)17(20)3/h5-8,11-14,22H,9-10H2,1-4H3,(H,24,27). The Hall–Kier alpha value is -2.95. The van der Waals surface area contributed by atoms with E-state index in [1.165, 1.54) is 5.56 Å². The van der Waals surface area contributed by atoms with Crippen LogP contribution in [0.1, 0.15) is 46.1 Å². The summed E-state index contributed by atoms with van der Waals surface area (Å²) in [5.74, 6) is 0.0278. The van der Waals surface area contributed by atoms with Crippen molar-refractivity contribution in [3.63, 3.8) is 0 Å². The van der Waals surface area contributed by atoms with Crippen LogP contribution in [0.4, 0.5) is 0 Å². The fraction of sp³-hybridized carbons (Fsp3) is 0.318. The number of hydrogen-bond acceptors (Lipinski definition) is 3. The molecular formula is C22H26N4O. The zero-order valence-corrected chi connectivity index (χ0v) is 16.4. The number of nitrogens with zero attached hydrogens (tertiary/aromatic N) is 3. The minimum Gasteiger partial charge on any atom is -0.345 e. The van der Waals surface area contributed by atoms with Gasteiger partial charge in [0.2, 0.25) is 5.91 Å². The number of hydrogen-bond donors (Lipinski definition) is 1. The van der Waals surface area contributed by atoms with E-state index in [4.69, 9.17) is 0 Å². The van der Waals surface area contributed by atoms with E-state index in [0.29, 0.717) is 12.8 Å². The molecule has 0 saturated heterocycles. The molecule has 1 atom stereocenters. The van der Waals surface area contributed by atoms with E-state index in [1.54, 1.807) is 12.4 Å². The van der Waals surface area contributed by atoms with Crippen LogP contribution in [0.25, 0.3) is 0 Å². The number of carbonyl (C=O) groups excluding carboxylic acids is 1. The first-order valence-corrected chi connectivity index (χ1v) is 9.20. The Balaban J connectivity index is 1.75. The van der Waals surface area contributed by atoms with E-state index in [0.717, 1.165) is 28.1 Å². The molecule has 0 aliphatic carbocycles. The monoisotopic (exact) mass is 362 g/mol. The van der Waals surface area contributed by atoms with Gasteiger partial charge >= 0.3 is 0 Å². The van der Waals surface area contributed by atoms with Crippen molar-refractivity contribution in [1.82, 2.24) is 20.1 Å². The minimum atomic E-state index is -0.183. The van der Waals surface area contributed by atoms with Gasteiger partial charge in [-0.15, -0.1) is 0 Å². The summed E-state index contributed by atoms with van der Waals surface area (Å²) >= 11 is 0. The van der Waals surface area contributed by atoms with Gasteiger partial charge in [0.25, 0.3) is 0 Å². The lowest BCUT2D eigenvalue weighted by atomic mass is 9.98. The second kappa shape index (κ2) is 8.16. The van der Waals surface area contributed by atoms with E-state index in [1.807, 2.05) is 37.7 Å². The van der Waals surface area contributed by atoms with Crippen LogP contribution in [0, 0.1) is 20.8 Å². The van der Waals surface area contributed by atoms with Crippen molar-refractivity contribution in [1.29, 1.82) is 0 Å². The van der Waals surface area contributed by atoms with Crippen molar-refractivity contribution in [2.24, 2.45) is 7.05 Å². The molecule has 1 amide bonds. The smallest absolute Gasteiger partial charge is 0.221 e. The highest BCUT2D eigenvalue weighted by Gasteiger charge is 2.18. The summed E-state index contributed by atoms with van der Waals surface area (Å²) in [6.07, 6.45) is 4.63. The molecule has 0 spiro atoms. The number of pyridine rings is 1. The van der Waals surface area contributed by atoms with Crippen LogP contribution < -0.4 is 5.32 Å². The predicted molar refractivity (Wildman–Crippen MR) is 106 cm³/mol. The third kappa shape index (κ3) is 4.42. The quantitative estimate of drug-likeness (QED) is 0.729. The Kier molecular flexibility index (Phi) is 5.69. The minimum absolute atomic E-state index is 0.0278. The zero-order valence-electron chi connectivity index (χ0n) is 16.4. The van der Waals surface area contributed by atoms with Crippen LogP contribution in [0.15, 0.2) is 48.8 Å². The van der Waals surface area contributed by atoms with Gasteiger partial charge in [0.1, 0.15) is 0 Å². The molecule has 3 rings (SSSR count). The first kappa shape index (κ1) is 18.8. The largest absolute Gasteiger partial charge is 0.345 e. The molecular weight excluding hydrogens is 336 g/mol. The molecule has 1 aromatic carbocycles. The molecule has 1 unspecified atom stereocenters. The van der Waals surface area contributed by atoms with E-state index in [2.05, 4.69) is 46.6 Å². The third-order valence-corrected chi connectivity index (χ3v) is 5.02. The number of aromatic nitrogens is 3. The summed E-state index contributed by atoms with van der Waals surface area (Å²) in [6, 6.07) is 12.0. The molecule has 0 aliphatic rings. The normalized spacial score (nSPS) is 12.0. The molecule has 140 valence electrons. The third-order valence-electron chi connectivity index (χ3n) is 5.02. The van der Waals surface area contributed by atoms with Crippen molar-refractivity contribution >= 4 is 5.91 Å². The van der Waals surface area contributed by atoms with Crippen LogP contribution >= 0.6 is 0 Å². The maximum atomic E-state index is 12.7. The molecule has 5 heteroatoms. The summed E-state index contributed by atoms with van der Waals surface area (Å²) in [4.78, 5) is 16.8. The Morgan fingerprint density at radius 1 is 1.04 bits per heavy atom. The summed E-state index contributed by atoms with van der Waals surface area (Å²) < 4.78 is 1.87. The van der Waals surface area contributed by atoms with E-state index in [9.17, 15) is 4.79 Å². The molecule has 3 aromatic rings. The Morgan fingerprint density at radius 3 is 2.26 bits per heavy atom. The number of aryl methyl sites for hydroxylation is 3. The molecule has 27 heavy (non-hydrogen) atoms. The van der Waals surface area contributed by atoms with Crippen LogP contribution in [0.5, 0.6) is 0 Å². The Labute approximate surface area is 160 Å². The first-order chi connectivity index (χ1) is 13.0. The van der Waals surface area contributed by atoms with E-state index < -0.39 is 0 Å². The first-order valence-electron chi connectivity index (χ1n) is 9.20. The highest BCUT2D eigenvalue weighted by Crippen LogP contribution is 2.22. The fourth-order valence-corrected chi connectivity index (χ4v) is 3.32. The van der Waals surface area contributed by atoms with Crippen molar-refractivity contribution in [2.75, 3.05) is 0 Å². The van der Waals surface area contributed by atoms with Gasteiger partial charge in [-0.1, -0.05) is 29.8 Å². The SMILES string of the molecule is Cc1ccc(C(NC(=O)CCc2c(C)nn(C)c2C)c2ccncc2)cc1. The summed E-state index contributed by atoms with van der Waals surface area (Å²) in [6.45, 7) is 6.09. The molecule has 0 aliphatic heterocycles. The summed E-state index contributed by atoms with van der Waals surface area (Å²) in [5, 5.41) is 7.62. The van der Waals surface area contributed by atoms with Crippen molar-refractivity contribution in [2.45, 2.75) is 39.7 Å². The number of amides is 1. The second-order valence-corrected chi connectivity index (χ2v) is 6.96. The molecule has 0 bridgehead atoms. The van der Waals surface area contributed by atoms with E-state index in [-0.39, 0.29) is 11.9 Å². The molecule has 0 radical (unpaired) electrons. The Bertz CT molecular complexity index is 913. The predicted octanol–water partition coefficient (Wildman–Crippen LogP) is 3.58. The number of carbonyl (C=O) groups is 1. The number of rotatable bonds is 6. The molecule has 2 heterocycles. The summed E-state index contributed by atoms with van der Waals surface area (Å²) in [5.41, 5.74) is 6.55. The molecule has 2 aromatic heterocycles. The lowest BCUT2D eigenvalue weighted by Gasteiger charge is -2.20. The summed E-state index contributed by atoms with van der Waals surface area (Å²) in [7, 11) is 1.93. The second-order valence-electron chi connectivity index (χ2n) is 6.96. The van der Waals surface area contributed by atoms with Gasteiger partial charge in [0, 0.05) is 31.6 Å². The molecule has 0 fully saturated rings. The Morgan fingerprint density at radius 2 is 1.67 bits per heavy atom. The van der Waals surface area contributed by atoms with Gasteiger partial charge in [0.05, 0.1) is 11.7 Å². The van der Waals surface area contributed by atoms with Gasteiger partial charge in [-0.2, -0.15) is 5.10 Å². The average Bonchev–Trinajstić information content (AvgIpc) is 2.91. The molecule has 0 saturated carbocycles. The van der Waals surface area contributed by atoms with Gasteiger partial charge in [0.15, 0.2) is 0 Å². The van der Waals surface area contributed by atoms with Gasteiger partial charge in [-0.3, -0.25) is 14.5 Å². The highest BCUT2D eigenvalue weighted by atomic mass is 16.1.